The lowest BCUT2D eigenvalue weighted by Gasteiger charge is -2.22. The fourth-order valence-corrected chi connectivity index (χ4v) is 5.52. The van der Waals surface area contributed by atoms with Crippen LogP contribution >= 0.6 is 0 Å². The van der Waals surface area contributed by atoms with Gasteiger partial charge in [0.2, 0.25) is 0 Å². The van der Waals surface area contributed by atoms with E-state index >= 15 is 0 Å². The second kappa shape index (κ2) is 6.99. The molecule has 0 atom stereocenters. The molecule has 6 aromatic rings. The molecule has 6 rings (SSSR count). The van der Waals surface area contributed by atoms with E-state index in [2.05, 4.69) is 109 Å². The normalized spacial score (nSPS) is 11.8. The van der Waals surface area contributed by atoms with Crippen LogP contribution in [0, 0.1) is 0 Å². The van der Waals surface area contributed by atoms with E-state index in [-0.39, 0.29) is 0 Å². The van der Waals surface area contributed by atoms with Crippen LogP contribution in [-0.2, 0) is 12.8 Å². The SMILES string of the molecule is CCc1c(CC)c2ccc3c(-c4ccccc4)c(-c4ccccc4)c4cccc1c4n23. The molecule has 0 unspecified atom stereocenters. The number of para-hydroxylation sites is 1. The Kier molecular flexibility index (Phi) is 4.11. The number of nitrogens with zero attached hydrogens (tertiary/aromatic N) is 1. The van der Waals surface area contributed by atoms with Crippen LogP contribution in [0.25, 0.3) is 49.6 Å². The maximum absolute atomic E-state index is 2.53. The Labute approximate surface area is 182 Å². The smallest absolute Gasteiger partial charge is 0.0616 e. The monoisotopic (exact) mass is 399 g/mol. The van der Waals surface area contributed by atoms with Gasteiger partial charge in [0, 0.05) is 27.4 Å². The second-order valence-electron chi connectivity index (χ2n) is 8.29. The molecule has 0 saturated heterocycles. The average Bonchev–Trinajstić information content (AvgIpc) is 3.28. The summed E-state index contributed by atoms with van der Waals surface area (Å²) < 4.78 is 2.53. The quantitative estimate of drug-likeness (QED) is 0.282. The van der Waals surface area contributed by atoms with Gasteiger partial charge in [0.25, 0.3) is 0 Å². The maximum Gasteiger partial charge on any atom is 0.0616 e. The van der Waals surface area contributed by atoms with E-state index in [1.165, 1.54) is 60.7 Å². The lowest BCUT2D eigenvalue weighted by Crippen LogP contribution is -2.04. The van der Waals surface area contributed by atoms with Gasteiger partial charge in [-0.15, -0.1) is 0 Å². The highest BCUT2D eigenvalue weighted by atomic mass is 14.9. The summed E-state index contributed by atoms with van der Waals surface area (Å²) in [5.41, 5.74) is 12.2. The number of pyridine rings is 2. The van der Waals surface area contributed by atoms with Crippen molar-refractivity contribution < 1.29 is 0 Å². The molecule has 0 aliphatic heterocycles. The van der Waals surface area contributed by atoms with Crippen molar-refractivity contribution in [3.63, 3.8) is 0 Å². The van der Waals surface area contributed by atoms with Crippen molar-refractivity contribution >= 4 is 27.3 Å². The molecule has 1 nitrogen and oxygen atoms in total. The van der Waals surface area contributed by atoms with Gasteiger partial charge in [0.1, 0.15) is 0 Å². The van der Waals surface area contributed by atoms with Crippen LogP contribution in [-0.4, -0.2) is 4.40 Å². The molecule has 0 N–H and O–H groups in total. The Balaban J connectivity index is 1.93. The van der Waals surface area contributed by atoms with Gasteiger partial charge < -0.3 is 4.40 Å². The molecule has 1 heteroatoms. The molecule has 31 heavy (non-hydrogen) atoms. The van der Waals surface area contributed by atoms with E-state index in [9.17, 15) is 0 Å². The maximum atomic E-state index is 2.53. The van der Waals surface area contributed by atoms with Gasteiger partial charge in [-0.3, -0.25) is 0 Å². The summed E-state index contributed by atoms with van der Waals surface area (Å²) in [4.78, 5) is 0. The predicted octanol–water partition coefficient (Wildman–Crippen LogP) is 8.14. The Hall–Kier alpha value is -3.58. The molecule has 0 aliphatic carbocycles. The van der Waals surface area contributed by atoms with Gasteiger partial charge in [0.15, 0.2) is 0 Å². The molecule has 3 aromatic carbocycles. The fraction of sp³-hybridized carbons (Fsp3) is 0.133. The lowest BCUT2D eigenvalue weighted by molar-refractivity contribution is 1.05. The first-order chi connectivity index (χ1) is 15.3. The number of aryl methyl sites for hydroxylation is 2. The van der Waals surface area contributed by atoms with Gasteiger partial charge in [-0.05, 0) is 47.2 Å². The fourth-order valence-electron chi connectivity index (χ4n) is 5.52. The molecular weight excluding hydrogens is 374 g/mol. The zero-order chi connectivity index (χ0) is 20.9. The van der Waals surface area contributed by atoms with Crippen molar-refractivity contribution in [2.24, 2.45) is 0 Å². The van der Waals surface area contributed by atoms with E-state index in [4.69, 9.17) is 0 Å². The van der Waals surface area contributed by atoms with Crippen LogP contribution in [0.1, 0.15) is 25.0 Å². The first kappa shape index (κ1) is 18.2. The minimum atomic E-state index is 1.05. The summed E-state index contributed by atoms with van der Waals surface area (Å²) in [5, 5.41) is 2.72. The standard InChI is InChI=1S/C30H25N/c1-3-22-23(4-2)26-18-19-27-29(21-14-9-6-10-15-21)28(20-12-7-5-8-13-20)25-17-11-16-24(22)30(25)31(26)27/h5-19H,3-4H2,1-2H3. The summed E-state index contributed by atoms with van der Waals surface area (Å²) in [5.74, 6) is 0. The van der Waals surface area contributed by atoms with Crippen molar-refractivity contribution in [1.29, 1.82) is 0 Å². The van der Waals surface area contributed by atoms with Gasteiger partial charge in [-0.25, -0.2) is 0 Å². The first-order valence-corrected chi connectivity index (χ1v) is 11.3. The van der Waals surface area contributed by atoms with E-state index in [0.717, 1.165) is 12.8 Å². The number of hydrogen-bond acceptors (Lipinski definition) is 0. The Morgan fingerprint density at radius 2 is 1.10 bits per heavy atom. The van der Waals surface area contributed by atoms with Gasteiger partial charge in [-0.1, -0.05) is 92.7 Å². The van der Waals surface area contributed by atoms with Crippen LogP contribution in [0.5, 0.6) is 0 Å². The third kappa shape index (κ3) is 2.50. The van der Waals surface area contributed by atoms with Crippen molar-refractivity contribution in [3.8, 4) is 22.3 Å². The van der Waals surface area contributed by atoms with Crippen LogP contribution in [0.15, 0.2) is 91.0 Å². The topological polar surface area (TPSA) is 4.41 Å². The van der Waals surface area contributed by atoms with Gasteiger partial charge in [-0.2, -0.15) is 0 Å². The average molecular weight is 400 g/mol. The van der Waals surface area contributed by atoms with E-state index < -0.39 is 0 Å². The third-order valence-electron chi connectivity index (χ3n) is 6.75. The number of hydrogen-bond donors (Lipinski definition) is 0. The predicted molar refractivity (Wildman–Crippen MR) is 133 cm³/mol. The Bertz CT molecular complexity index is 1520. The van der Waals surface area contributed by atoms with Crippen LogP contribution in [0.2, 0.25) is 0 Å². The minimum Gasteiger partial charge on any atom is -0.308 e. The van der Waals surface area contributed by atoms with Crippen molar-refractivity contribution in [2.75, 3.05) is 0 Å². The molecule has 0 amide bonds. The van der Waals surface area contributed by atoms with Crippen LogP contribution in [0.3, 0.4) is 0 Å². The molecule has 0 saturated carbocycles. The van der Waals surface area contributed by atoms with Crippen LogP contribution < -0.4 is 0 Å². The summed E-state index contributed by atoms with van der Waals surface area (Å²) in [7, 11) is 0. The number of benzene rings is 3. The van der Waals surface area contributed by atoms with E-state index in [1.54, 1.807) is 0 Å². The van der Waals surface area contributed by atoms with E-state index in [1.807, 2.05) is 0 Å². The summed E-state index contributed by atoms with van der Waals surface area (Å²) in [6.07, 6.45) is 2.10. The third-order valence-corrected chi connectivity index (χ3v) is 6.75. The Morgan fingerprint density at radius 3 is 1.74 bits per heavy atom. The molecule has 3 heterocycles. The lowest BCUT2D eigenvalue weighted by atomic mass is 9.88. The highest BCUT2D eigenvalue weighted by Gasteiger charge is 2.23. The molecule has 3 aromatic heterocycles. The molecule has 0 spiro atoms. The van der Waals surface area contributed by atoms with Crippen molar-refractivity contribution in [3.05, 3.63) is 102 Å². The molecule has 0 bridgehead atoms. The molecule has 0 aliphatic rings. The molecule has 0 fully saturated rings. The second-order valence-corrected chi connectivity index (χ2v) is 8.29. The van der Waals surface area contributed by atoms with Crippen LogP contribution in [0.4, 0.5) is 0 Å². The number of rotatable bonds is 4. The molecule has 150 valence electrons. The highest BCUT2D eigenvalue weighted by molar-refractivity contribution is 6.15. The van der Waals surface area contributed by atoms with Gasteiger partial charge in [0.05, 0.1) is 11.0 Å². The number of aromatic nitrogens is 1. The summed E-state index contributed by atoms with van der Waals surface area (Å²) >= 11 is 0. The zero-order valence-electron chi connectivity index (χ0n) is 18.0. The highest BCUT2D eigenvalue weighted by Crippen LogP contribution is 2.45. The largest absolute Gasteiger partial charge is 0.308 e. The van der Waals surface area contributed by atoms with E-state index in [0.29, 0.717) is 0 Å². The summed E-state index contributed by atoms with van der Waals surface area (Å²) in [6.45, 7) is 4.57. The Morgan fingerprint density at radius 1 is 0.516 bits per heavy atom. The van der Waals surface area contributed by atoms with Gasteiger partial charge >= 0.3 is 0 Å². The molecule has 0 radical (unpaired) electrons. The van der Waals surface area contributed by atoms with Crippen molar-refractivity contribution in [2.45, 2.75) is 26.7 Å². The minimum absolute atomic E-state index is 1.05. The molecular formula is C30H25N. The zero-order valence-corrected chi connectivity index (χ0v) is 18.0. The first-order valence-electron chi connectivity index (χ1n) is 11.3. The van der Waals surface area contributed by atoms with Crippen molar-refractivity contribution in [1.82, 2.24) is 4.40 Å². The summed E-state index contributed by atoms with van der Waals surface area (Å²) in [6, 6.07) is 33.3.